The van der Waals surface area contributed by atoms with Gasteiger partial charge in [-0.2, -0.15) is 0 Å². The van der Waals surface area contributed by atoms with Crippen LogP contribution >= 0.6 is 15.9 Å². The lowest BCUT2D eigenvalue weighted by molar-refractivity contribution is -0.147. The Hall–Kier alpha value is -2.47. The molecule has 1 amide bonds. The quantitative estimate of drug-likeness (QED) is 0.500. The molecule has 0 aliphatic heterocycles. The van der Waals surface area contributed by atoms with Crippen molar-refractivity contribution in [2.75, 3.05) is 13.7 Å². The zero-order chi connectivity index (χ0) is 20.0. The molecule has 27 heavy (non-hydrogen) atoms. The van der Waals surface area contributed by atoms with Gasteiger partial charge < -0.3 is 9.64 Å². The van der Waals surface area contributed by atoms with Crippen LogP contribution in [0.3, 0.4) is 0 Å². The fraction of sp³-hybridized carbons (Fsp3) is 0.238. The van der Waals surface area contributed by atoms with E-state index >= 15 is 0 Å². The van der Waals surface area contributed by atoms with E-state index in [9.17, 15) is 14.0 Å². The second-order valence-corrected chi connectivity index (χ2v) is 7.20. The van der Waals surface area contributed by atoms with E-state index in [0.717, 1.165) is 22.8 Å². The number of carbonyl (C=O) groups excluding carboxylic acids is 2. The Labute approximate surface area is 166 Å². The smallest absolute Gasteiger partial charge is 0.331 e. The normalized spacial score (nSPS) is 10.9. The lowest BCUT2D eigenvalue weighted by Crippen LogP contribution is -2.30. The maximum Gasteiger partial charge on any atom is 0.331 e. The maximum absolute atomic E-state index is 13.6. The SMILES string of the molecule is Cc1ccc(CN(C)C(=O)COC(=O)/C=C/c2cc(Br)ccc2F)c(C)c1. The van der Waals surface area contributed by atoms with Crippen LogP contribution in [0.15, 0.2) is 46.9 Å². The second kappa shape index (κ2) is 9.46. The molecule has 0 unspecified atom stereocenters. The molecule has 4 nitrogen and oxygen atoms in total. The summed E-state index contributed by atoms with van der Waals surface area (Å²) in [5, 5.41) is 0. The van der Waals surface area contributed by atoms with E-state index in [1.165, 1.54) is 17.0 Å². The first-order valence-electron chi connectivity index (χ1n) is 8.36. The number of esters is 1. The van der Waals surface area contributed by atoms with Crippen molar-refractivity contribution in [3.63, 3.8) is 0 Å². The highest BCUT2D eigenvalue weighted by atomic mass is 79.9. The molecular formula is C21H21BrFNO3. The average molecular weight is 434 g/mol. The van der Waals surface area contributed by atoms with Gasteiger partial charge in [0.15, 0.2) is 6.61 Å². The molecule has 0 heterocycles. The van der Waals surface area contributed by atoms with Gasteiger partial charge in [-0.05, 0) is 49.2 Å². The fourth-order valence-corrected chi connectivity index (χ4v) is 2.84. The molecule has 142 valence electrons. The highest BCUT2D eigenvalue weighted by molar-refractivity contribution is 9.10. The van der Waals surface area contributed by atoms with Gasteiger partial charge in [-0.15, -0.1) is 0 Å². The van der Waals surface area contributed by atoms with Crippen molar-refractivity contribution in [2.24, 2.45) is 0 Å². The van der Waals surface area contributed by atoms with E-state index in [1.54, 1.807) is 19.2 Å². The van der Waals surface area contributed by atoms with Crippen LogP contribution in [-0.4, -0.2) is 30.4 Å². The van der Waals surface area contributed by atoms with Gasteiger partial charge >= 0.3 is 5.97 Å². The summed E-state index contributed by atoms with van der Waals surface area (Å²) in [6.45, 7) is 4.07. The molecule has 0 N–H and O–H groups in total. The molecule has 0 aliphatic rings. The number of likely N-dealkylation sites (N-methyl/N-ethyl adjacent to an activating group) is 1. The van der Waals surface area contributed by atoms with Gasteiger partial charge in [-0.3, -0.25) is 4.79 Å². The minimum atomic E-state index is -0.706. The van der Waals surface area contributed by atoms with Gasteiger partial charge in [0.1, 0.15) is 5.82 Å². The van der Waals surface area contributed by atoms with E-state index in [-0.39, 0.29) is 18.1 Å². The van der Waals surface area contributed by atoms with Gasteiger partial charge in [0.25, 0.3) is 5.91 Å². The molecule has 0 radical (unpaired) electrons. The Bertz CT molecular complexity index is 880. The first-order chi connectivity index (χ1) is 12.8. The number of ether oxygens (including phenoxy) is 1. The summed E-state index contributed by atoms with van der Waals surface area (Å²) in [6.07, 6.45) is 2.41. The zero-order valence-electron chi connectivity index (χ0n) is 15.5. The lowest BCUT2D eigenvalue weighted by atomic mass is 10.1. The molecule has 2 aromatic carbocycles. The first-order valence-corrected chi connectivity index (χ1v) is 9.15. The summed E-state index contributed by atoms with van der Waals surface area (Å²) in [4.78, 5) is 25.4. The maximum atomic E-state index is 13.6. The van der Waals surface area contributed by atoms with Crippen LogP contribution in [0.25, 0.3) is 6.08 Å². The first kappa shape index (κ1) is 20.8. The average Bonchev–Trinajstić information content (AvgIpc) is 2.62. The monoisotopic (exact) mass is 433 g/mol. The lowest BCUT2D eigenvalue weighted by Gasteiger charge is -2.18. The number of aryl methyl sites for hydroxylation is 2. The number of amides is 1. The largest absolute Gasteiger partial charge is 0.452 e. The highest BCUT2D eigenvalue weighted by Gasteiger charge is 2.12. The number of carbonyl (C=O) groups is 2. The van der Waals surface area contributed by atoms with Crippen molar-refractivity contribution in [1.82, 2.24) is 4.90 Å². The molecule has 0 saturated carbocycles. The van der Waals surface area contributed by atoms with Crippen molar-refractivity contribution in [3.05, 3.63) is 75.0 Å². The Morgan fingerprint density at radius 3 is 2.63 bits per heavy atom. The van der Waals surface area contributed by atoms with Crippen LogP contribution < -0.4 is 0 Å². The summed E-state index contributed by atoms with van der Waals surface area (Å²) < 4.78 is 19.3. The van der Waals surface area contributed by atoms with Crippen molar-refractivity contribution >= 4 is 33.9 Å². The van der Waals surface area contributed by atoms with Gasteiger partial charge in [0.2, 0.25) is 0 Å². The standard InChI is InChI=1S/C21H21BrFNO3/c1-14-4-5-17(15(2)10-14)12-24(3)20(25)13-27-21(26)9-6-16-11-18(22)7-8-19(16)23/h4-11H,12-13H2,1-3H3/b9-6+. The fourth-order valence-electron chi connectivity index (χ4n) is 2.46. The topological polar surface area (TPSA) is 46.6 Å². The number of hydrogen-bond acceptors (Lipinski definition) is 3. The number of halogens is 2. The summed E-state index contributed by atoms with van der Waals surface area (Å²) in [5.74, 6) is -1.47. The highest BCUT2D eigenvalue weighted by Crippen LogP contribution is 2.17. The van der Waals surface area contributed by atoms with Gasteiger partial charge in [0.05, 0.1) is 0 Å². The number of hydrogen-bond donors (Lipinski definition) is 0. The summed E-state index contributed by atoms with van der Waals surface area (Å²) in [7, 11) is 1.65. The van der Waals surface area contributed by atoms with Crippen LogP contribution in [0.1, 0.15) is 22.3 Å². The summed E-state index contributed by atoms with van der Waals surface area (Å²) in [5.41, 5.74) is 3.55. The van der Waals surface area contributed by atoms with Crippen molar-refractivity contribution < 1.29 is 18.7 Å². The molecule has 0 aromatic heterocycles. The molecule has 0 atom stereocenters. The van der Waals surface area contributed by atoms with Crippen LogP contribution in [0, 0.1) is 19.7 Å². The summed E-state index contributed by atoms with van der Waals surface area (Å²) in [6, 6.07) is 10.4. The third kappa shape index (κ3) is 6.32. The molecule has 0 aliphatic carbocycles. The van der Waals surface area contributed by atoms with Gasteiger partial charge in [-0.25, -0.2) is 9.18 Å². The Morgan fingerprint density at radius 2 is 1.93 bits per heavy atom. The number of nitrogens with zero attached hydrogens (tertiary/aromatic N) is 1. The van der Waals surface area contributed by atoms with E-state index in [2.05, 4.69) is 22.0 Å². The third-order valence-corrected chi connectivity index (χ3v) is 4.52. The predicted molar refractivity (Wildman–Crippen MR) is 106 cm³/mol. The molecule has 0 fully saturated rings. The molecule has 0 saturated heterocycles. The van der Waals surface area contributed by atoms with Crippen molar-refractivity contribution in [2.45, 2.75) is 20.4 Å². The van der Waals surface area contributed by atoms with E-state index < -0.39 is 11.8 Å². The molecular weight excluding hydrogens is 413 g/mol. The molecule has 2 aromatic rings. The Kier molecular flexibility index (Phi) is 7.30. The number of rotatable bonds is 6. The third-order valence-electron chi connectivity index (χ3n) is 4.03. The molecule has 0 bridgehead atoms. The zero-order valence-corrected chi connectivity index (χ0v) is 17.0. The summed E-state index contributed by atoms with van der Waals surface area (Å²) >= 11 is 3.24. The van der Waals surface area contributed by atoms with Gasteiger partial charge in [-0.1, -0.05) is 39.7 Å². The van der Waals surface area contributed by atoms with Crippen LogP contribution in [0.4, 0.5) is 4.39 Å². The van der Waals surface area contributed by atoms with E-state index in [1.807, 2.05) is 26.0 Å². The minimum Gasteiger partial charge on any atom is -0.452 e. The van der Waals surface area contributed by atoms with E-state index in [0.29, 0.717) is 11.0 Å². The van der Waals surface area contributed by atoms with Crippen molar-refractivity contribution in [1.29, 1.82) is 0 Å². The van der Waals surface area contributed by atoms with Crippen molar-refractivity contribution in [3.8, 4) is 0 Å². The minimum absolute atomic E-state index is 0.250. The Morgan fingerprint density at radius 1 is 1.19 bits per heavy atom. The Balaban J connectivity index is 1.87. The predicted octanol–water partition coefficient (Wildman–Crippen LogP) is 4.42. The van der Waals surface area contributed by atoms with Gasteiger partial charge in [0, 0.05) is 29.7 Å². The van der Waals surface area contributed by atoms with Crippen LogP contribution in [-0.2, 0) is 20.9 Å². The number of benzene rings is 2. The second-order valence-electron chi connectivity index (χ2n) is 6.29. The molecule has 2 rings (SSSR count). The molecule has 6 heteroatoms. The van der Waals surface area contributed by atoms with E-state index in [4.69, 9.17) is 4.74 Å². The molecule has 0 spiro atoms. The van der Waals surface area contributed by atoms with Crippen LogP contribution in [0.2, 0.25) is 0 Å². The van der Waals surface area contributed by atoms with Crippen LogP contribution in [0.5, 0.6) is 0 Å².